The molecule has 0 bridgehead atoms. The van der Waals surface area contributed by atoms with Crippen molar-refractivity contribution >= 4 is 11.9 Å². The third-order valence-electron chi connectivity index (χ3n) is 3.33. The average molecular weight is 285 g/mol. The number of aliphatic hydroxyl groups is 1. The van der Waals surface area contributed by atoms with Crippen LogP contribution in [0, 0.1) is 5.41 Å². The summed E-state index contributed by atoms with van der Waals surface area (Å²) < 4.78 is 0. The van der Waals surface area contributed by atoms with Gasteiger partial charge in [0.1, 0.15) is 0 Å². The van der Waals surface area contributed by atoms with Gasteiger partial charge in [-0.15, -0.1) is 0 Å². The lowest BCUT2D eigenvalue weighted by Crippen LogP contribution is -2.42. The van der Waals surface area contributed by atoms with Gasteiger partial charge in [-0.25, -0.2) is 0 Å². The van der Waals surface area contributed by atoms with Crippen molar-refractivity contribution in [3.05, 3.63) is 0 Å². The first-order valence-corrected chi connectivity index (χ1v) is 7.82. The van der Waals surface area contributed by atoms with Crippen molar-refractivity contribution in [1.82, 2.24) is 10.2 Å². The molecule has 0 aliphatic heterocycles. The lowest BCUT2D eigenvalue weighted by Gasteiger charge is -2.18. The molecule has 0 spiro atoms. The lowest BCUT2D eigenvalue weighted by atomic mass is 10.1. The van der Waals surface area contributed by atoms with Crippen molar-refractivity contribution in [1.29, 1.82) is 5.41 Å². The van der Waals surface area contributed by atoms with Crippen LogP contribution in [-0.2, 0) is 4.79 Å². The summed E-state index contributed by atoms with van der Waals surface area (Å²) in [6.45, 7) is 2.55. The quantitative estimate of drug-likeness (QED) is 0.310. The van der Waals surface area contributed by atoms with Crippen molar-refractivity contribution < 1.29 is 9.90 Å². The van der Waals surface area contributed by atoms with E-state index >= 15 is 0 Å². The Kier molecular flexibility index (Phi) is 12.2. The summed E-state index contributed by atoms with van der Waals surface area (Å²) in [6.07, 6.45) is 10.1. The van der Waals surface area contributed by atoms with Crippen LogP contribution in [0.2, 0.25) is 0 Å². The van der Waals surface area contributed by atoms with Gasteiger partial charge in [-0.2, -0.15) is 0 Å². The van der Waals surface area contributed by atoms with Crippen LogP contribution in [0.1, 0.15) is 64.7 Å². The highest BCUT2D eigenvalue weighted by Gasteiger charge is 2.07. The second kappa shape index (κ2) is 12.9. The first-order valence-electron chi connectivity index (χ1n) is 7.82. The van der Waals surface area contributed by atoms with Crippen LogP contribution >= 0.6 is 0 Å². The van der Waals surface area contributed by atoms with Crippen molar-refractivity contribution in [3.8, 4) is 0 Å². The number of amides is 1. The Morgan fingerprint density at radius 1 is 1.10 bits per heavy atom. The maximum absolute atomic E-state index is 11.6. The van der Waals surface area contributed by atoms with E-state index in [0.29, 0.717) is 13.0 Å². The molecule has 118 valence electrons. The minimum Gasteiger partial charge on any atom is -0.395 e. The number of nitrogens with zero attached hydrogens (tertiary/aromatic N) is 1. The van der Waals surface area contributed by atoms with Crippen LogP contribution in [0.25, 0.3) is 0 Å². The molecule has 20 heavy (non-hydrogen) atoms. The maximum Gasteiger partial charge on any atom is 0.226 e. The maximum atomic E-state index is 11.6. The molecule has 0 radical (unpaired) electrons. The molecule has 1 amide bonds. The van der Waals surface area contributed by atoms with E-state index in [-0.39, 0.29) is 18.5 Å². The molecule has 0 heterocycles. The van der Waals surface area contributed by atoms with Crippen molar-refractivity contribution in [3.63, 3.8) is 0 Å². The third-order valence-corrected chi connectivity index (χ3v) is 3.33. The Hall–Kier alpha value is -1.10. The molecule has 5 heteroatoms. The molecule has 0 atom stereocenters. The molecule has 3 N–H and O–H groups in total. The van der Waals surface area contributed by atoms with Gasteiger partial charge in [-0.1, -0.05) is 51.9 Å². The molecule has 0 aliphatic rings. The van der Waals surface area contributed by atoms with E-state index < -0.39 is 0 Å². The van der Waals surface area contributed by atoms with E-state index in [1.165, 1.54) is 43.4 Å². The van der Waals surface area contributed by atoms with Gasteiger partial charge in [0.15, 0.2) is 5.96 Å². The molecular weight excluding hydrogens is 254 g/mol. The molecule has 0 saturated heterocycles. The molecular formula is C15H31N3O2. The van der Waals surface area contributed by atoms with Gasteiger partial charge in [0, 0.05) is 20.0 Å². The number of carbonyl (C=O) groups excluding carboxylic acids is 1. The molecule has 0 rings (SSSR count). The molecule has 0 fully saturated rings. The Bertz CT molecular complexity index is 270. The average Bonchev–Trinajstić information content (AvgIpc) is 2.42. The van der Waals surface area contributed by atoms with Crippen LogP contribution < -0.4 is 5.32 Å². The zero-order chi connectivity index (χ0) is 15.2. The minimum atomic E-state index is -0.106. The molecule has 0 saturated carbocycles. The number of unbranched alkanes of at least 4 members (excludes halogenated alkanes) is 7. The number of hydrogen-bond donors (Lipinski definition) is 3. The fraction of sp³-hybridized carbons (Fsp3) is 0.867. The summed E-state index contributed by atoms with van der Waals surface area (Å²) in [5, 5.41) is 18.9. The first kappa shape index (κ1) is 18.9. The van der Waals surface area contributed by atoms with E-state index in [1.807, 2.05) is 0 Å². The zero-order valence-corrected chi connectivity index (χ0v) is 13.1. The number of nitrogens with one attached hydrogen (secondary N) is 2. The van der Waals surface area contributed by atoms with E-state index in [0.717, 1.165) is 12.8 Å². The molecule has 0 aromatic heterocycles. The molecule has 0 aromatic rings. The van der Waals surface area contributed by atoms with Crippen LogP contribution in [0.4, 0.5) is 0 Å². The first-order chi connectivity index (χ1) is 9.61. The van der Waals surface area contributed by atoms with Gasteiger partial charge in [-0.05, 0) is 6.42 Å². The predicted molar refractivity (Wildman–Crippen MR) is 82.8 cm³/mol. The van der Waals surface area contributed by atoms with Gasteiger partial charge in [-0.3, -0.25) is 15.5 Å². The van der Waals surface area contributed by atoms with Gasteiger partial charge >= 0.3 is 0 Å². The molecule has 0 aromatic carbocycles. The van der Waals surface area contributed by atoms with E-state index in [2.05, 4.69) is 12.2 Å². The number of carbonyl (C=O) groups is 1. The minimum absolute atomic E-state index is 0.0210. The second-order valence-electron chi connectivity index (χ2n) is 5.27. The smallest absolute Gasteiger partial charge is 0.226 e. The van der Waals surface area contributed by atoms with Gasteiger partial charge in [0.05, 0.1) is 6.61 Å². The highest BCUT2D eigenvalue weighted by Crippen LogP contribution is 2.09. The van der Waals surface area contributed by atoms with Crippen LogP contribution in [0.15, 0.2) is 0 Å². The zero-order valence-electron chi connectivity index (χ0n) is 13.1. The summed E-state index contributed by atoms with van der Waals surface area (Å²) in [6, 6.07) is 0. The van der Waals surface area contributed by atoms with Crippen molar-refractivity contribution in [2.45, 2.75) is 64.7 Å². The van der Waals surface area contributed by atoms with Crippen molar-refractivity contribution in [2.75, 3.05) is 20.2 Å². The number of guanidine groups is 1. The fourth-order valence-electron chi connectivity index (χ4n) is 1.97. The lowest BCUT2D eigenvalue weighted by molar-refractivity contribution is -0.120. The number of likely N-dealkylation sites (N-methyl/N-ethyl adjacent to an activating group) is 1. The highest BCUT2D eigenvalue weighted by molar-refractivity contribution is 5.95. The number of rotatable bonds is 11. The molecule has 0 aliphatic carbocycles. The van der Waals surface area contributed by atoms with Crippen LogP contribution in [0.3, 0.4) is 0 Å². The van der Waals surface area contributed by atoms with Gasteiger partial charge < -0.3 is 10.0 Å². The highest BCUT2D eigenvalue weighted by atomic mass is 16.3. The predicted octanol–water partition coefficient (Wildman–Crippen LogP) is 2.49. The third kappa shape index (κ3) is 10.8. The van der Waals surface area contributed by atoms with E-state index in [4.69, 9.17) is 10.5 Å². The van der Waals surface area contributed by atoms with Crippen LogP contribution in [0.5, 0.6) is 0 Å². The molecule has 0 unspecified atom stereocenters. The SMILES string of the molecule is CCCCCCCCCCC(=O)NC(=N)N(C)CCO. The summed E-state index contributed by atoms with van der Waals surface area (Å²) in [5.74, 6) is -0.0469. The Labute approximate surface area is 123 Å². The summed E-state index contributed by atoms with van der Waals surface area (Å²) >= 11 is 0. The van der Waals surface area contributed by atoms with E-state index in [9.17, 15) is 4.79 Å². The number of hydrogen-bond acceptors (Lipinski definition) is 3. The summed E-state index contributed by atoms with van der Waals surface area (Å²) in [4.78, 5) is 13.1. The summed E-state index contributed by atoms with van der Waals surface area (Å²) in [7, 11) is 1.68. The second-order valence-corrected chi connectivity index (χ2v) is 5.27. The standard InChI is InChI=1S/C15H31N3O2/c1-3-4-5-6-7-8-9-10-11-14(20)17-15(16)18(2)12-13-19/h19H,3-13H2,1-2H3,(H2,16,17,20). The Morgan fingerprint density at radius 3 is 2.20 bits per heavy atom. The Morgan fingerprint density at radius 2 is 1.65 bits per heavy atom. The summed E-state index contributed by atoms with van der Waals surface area (Å²) in [5.41, 5.74) is 0. The largest absolute Gasteiger partial charge is 0.395 e. The fourth-order valence-corrected chi connectivity index (χ4v) is 1.97. The normalized spacial score (nSPS) is 10.3. The van der Waals surface area contributed by atoms with Crippen molar-refractivity contribution in [2.24, 2.45) is 0 Å². The molecule has 5 nitrogen and oxygen atoms in total. The number of aliphatic hydroxyl groups excluding tert-OH is 1. The van der Waals surface area contributed by atoms with Gasteiger partial charge in [0.2, 0.25) is 5.91 Å². The van der Waals surface area contributed by atoms with Gasteiger partial charge in [0.25, 0.3) is 0 Å². The van der Waals surface area contributed by atoms with Crippen LogP contribution in [-0.4, -0.2) is 42.1 Å². The van der Waals surface area contributed by atoms with E-state index in [1.54, 1.807) is 7.05 Å². The topological polar surface area (TPSA) is 76.4 Å². The monoisotopic (exact) mass is 285 g/mol. The Balaban J connectivity index is 3.47.